The number of nitrogens with zero attached hydrogens (tertiary/aromatic N) is 4. The van der Waals surface area contributed by atoms with Crippen molar-refractivity contribution in [1.82, 2.24) is 20.3 Å². The predicted octanol–water partition coefficient (Wildman–Crippen LogP) is 4.13. The summed E-state index contributed by atoms with van der Waals surface area (Å²) in [5, 5.41) is 14.3. The Bertz CT molecular complexity index is 1270. The molecular formula is C28H32N6O2. The maximum Gasteiger partial charge on any atom is 0.141 e. The van der Waals surface area contributed by atoms with Crippen molar-refractivity contribution in [1.29, 1.82) is 5.26 Å². The SMILES string of the molecule is N#C[C@@H]1C[C@H](c2ncnc3[nH]c(-c4ccc(N5CCNCC5)cc4)cc23)CC=C1OC1CCOCC1. The summed E-state index contributed by atoms with van der Waals surface area (Å²) in [7, 11) is 0. The maximum absolute atomic E-state index is 9.90. The van der Waals surface area contributed by atoms with E-state index in [2.05, 4.69) is 67.6 Å². The molecule has 0 amide bonds. The largest absolute Gasteiger partial charge is 0.494 e. The van der Waals surface area contributed by atoms with Crippen LogP contribution in [0, 0.1) is 17.2 Å². The number of piperazine rings is 1. The molecule has 2 N–H and O–H groups in total. The second-order valence-corrected chi connectivity index (χ2v) is 9.87. The average molecular weight is 485 g/mol. The Hall–Kier alpha value is -3.41. The second kappa shape index (κ2) is 10.3. The van der Waals surface area contributed by atoms with Crippen LogP contribution in [-0.4, -0.2) is 60.4 Å². The van der Waals surface area contributed by atoms with Gasteiger partial charge in [-0.15, -0.1) is 0 Å². The summed E-state index contributed by atoms with van der Waals surface area (Å²) in [6.07, 6.45) is 7.16. The van der Waals surface area contributed by atoms with Gasteiger partial charge in [0.2, 0.25) is 0 Å². The van der Waals surface area contributed by atoms with Crippen LogP contribution < -0.4 is 10.2 Å². The van der Waals surface area contributed by atoms with Gasteiger partial charge >= 0.3 is 0 Å². The first-order chi connectivity index (χ1) is 17.8. The normalized spacial score (nSPS) is 23.3. The first kappa shape index (κ1) is 23.0. The van der Waals surface area contributed by atoms with E-state index in [0.29, 0.717) is 6.42 Å². The van der Waals surface area contributed by atoms with E-state index in [4.69, 9.17) is 9.47 Å². The zero-order valence-corrected chi connectivity index (χ0v) is 20.4. The van der Waals surface area contributed by atoms with Crippen LogP contribution in [0.4, 0.5) is 5.69 Å². The zero-order valence-electron chi connectivity index (χ0n) is 20.4. The molecule has 2 aromatic heterocycles. The van der Waals surface area contributed by atoms with E-state index >= 15 is 0 Å². The summed E-state index contributed by atoms with van der Waals surface area (Å²) in [6.45, 7) is 5.57. The topological polar surface area (TPSA) is 99.1 Å². The quantitative estimate of drug-likeness (QED) is 0.562. The summed E-state index contributed by atoms with van der Waals surface area (Å²) in [6, 6.07) is 13.4. The molecule has 4 heterocycles. The molecule has 8 heteroatoms. The van der Waals surface area contributed by atoms with Crippen molar-refractivity contribution < 1.29 is 9.47 Å². The van der Waals surface area contributed by atoms with Gasteiger partial charge in [0.05, 0.1) is 25.0 Å². The first-order valence-electron chi connectivity index (χ1n) is 13.0. The van der Waals surface area contributed by atoms with Crippen LogP contribution in [0.3, 0.4) is 0 Å². The molecule has 2 aliphatic heterocycles. The Labute approximate surface area is 211 Å². The van der Waals surface area contributed by atoms with Crippen LogP contribution in [-0.2, 0) is 9.47 Å². The third-order valence-corrected chi connectivity index (χ3v) is 7.60. The van der Waals surface area contributed by atoms with Gasteiger partial charge in [-0.3, -0.25) is 0 Å². The lowest BCUT2D eigenvalue weighted by Crippen LogP contribution is -2.43. The van der Waals surface area contributed by atoms with E-state index in [1.165, 1.54) is 5.69 Å². The average Bonchev–Trinajstić information content (AvgIpc) is 3.39. The van der Waals surface area contributed by atoms with Gasteiger partial charge in [0, 0.05) is 61.7 Å². The highest BCUT2D eigenvalue weighted by atomic mass is 16.5. The number of aromatic nitrogens is 3. The van der Waals surface area contributed by atoms with Gasteiger partial charge in [-0.05, 0) is 42.7 Å². The lowest BCUT2D eigenvalue weighted by Gasteiger charge is -2.30. The number of ether oxygens (including phenoxy) is 2. The highest BCUT2D eigenvalue weighted by Gasteiger charge is 2.30. The first-order valence-corrected chi connectivity index (χ1v) is 13.0. The molecule has 6 rings (SSSR count). The summed E-state index contributed by atoms with van der Waals surface area (Å²) < 4.78 is 11.7. The summed E-state index contributed by atoms with van der Waals surface area (Å²) in [4.78, 5) is 15.1. The smallest absolute Gasteiger partial charge is 0.141 e. The molecule has 0 saturated carbocycles. The number of allylic oxidation sites excluding steroid dienone is 2. The van der Waals surface area contributed by atoms with E-state index in [1.54, 1.807) is 6.33 Å². The number of nitriles is 1. The van der Waals surface area contributed by atoms with Crippen molar-refractivity contribution in [3.63, 3.8) is 0 Å². The second-order valence-electron chi connectivity index (χ2n) is 9.87. The van der Waals surface area contributed by atoms with Crippen molar-refractivity contribution in [3.8, 4) is 17.3 Å². The Morgan fingerprint density at radius 1 is 1.08 bits per heavy atom. The molecule has 186 valence electrons. The summed E-state index contributed by atoms with van der Waals surface area (Å²) >= 11 is 0. The van der Waals surface area contributed by atoms with E-state index < -0.39 is 0 Å². The molecule has 3 aliphatic rings. The number of H-pyrrole nitrogens is 1. The molecule has 2 fully saturated rings. The zero-order chi connectivity index (χ0) is 24.3. The molecule has 8 nitrogen and oxygen atoms in total. The molecule has 0 bridgehead atoms. The van der Waals surface area contributed by atoms with Crippen LogP contribution in [0.2, 0.25) is 0 Å². The van der Waals surface area contributed by atoms with Crippen LogP contribution in [0.1, 0.15) is 37.3 Å². The minimum atomic E-state index is -0.257. The fraction of sp³-hybridized carbons (Fsp3) is 0.464. The maximum atomic E-state index is 9.90. The molecule has 1 aromatic carbocycles. The predicted molar refractivity (Wildman–Crippen MR) is 138 cm³/mol. The van der Waals surface area contributed by atoms with E-state index in [9.17, 15) is 5.26 Å². The molecule has 1 aliphatic carbocycles. The fourth-order valence-corrected chi connectivity index (χ4v) is 5.57. The van der Waals surface area contributed by atoms with Crippen molar-refractivity contribution in [2.75, 3.05) is 44.3 Å². The van der Waals surface area contributed by atoms with Gasteiger partial charge in [0.25, 0.3) is 0 Å². The number of nitrogens with one attached hydrogen (secondary N) is 2. The van der Waals surface area contributed by atoms with Gasteiger partial charge in [0.15, 0.2) is 0 Å². The lowest BCUT2D eigenvalue weighted by atomic mass is 9.83. The van der Waals surface area contributed by atoms with Crippen molar-refractivity contribution in [2.45, 2.75) is 37.7 Å². The number of benzene rings is 1. The number of aromatic amines is 1. The summed E-state index contributed by atoms with van der Waals surface area (Å²) in [5.74, 6) is 0.721. The molecule has 0 radical (unpaired) electrons. The number of hydrogen-bond donors (Lipinski definition) is 2. The Kier molecular flexibility index (Phi) is 6.58. The van der Waals surface area contributed by atoms with Crippen LogP contribution >= 0.6 is 0 Å². The number of rotatable bonds is 5. The van der Waals surface area contributed by atoms with Crippen molar-refractivity contribution in [2.24, 2.45) is 5.92 Å². The molecule has 2 saturated heterocycles. The van der Waals surface area contributed by atoms with Gasteiger partial charge in [-0.2, -0.15) is 5.26 Å². The highest BCUT2D eigenvalue weighted by Crippen LogP contribution is 2.39. The summed E-state index contributed by atoms with van der Waals surface area (Å²) in [5.41, 5.74) is 5.25. The molecule has 3 aromatic rings. The lowest BCUT2D eigenvalue weighted by molar-refractivity contribution is -0.0112. The van der Waals surface area contributed by atoms with Crippen molar-refractivity contribution >= 4 is 16.7 Å². The Morgan fingerprint density at radius 3 is 2.67 bits per heavy atom. The number of anilines is 1. The Morgan fingerprint density at radius 2 is 1.89 bits per heavy atom. The highest BCUT2D eigenvalue weighted by molar-refractivity contribution is 5.85. The van der Waals surface area contributed by atoms with Crippen LogP contribution in [0.5, 0.6) is 0 Å². The van der Waals surface area contributed by atoms with Gasteiger partial charge < -0.3 is 24.7 Å². The van der Waals surface area contributed by atoms with Crippen LogP contribution in [0.25, 0.3) is 22.3 Å². The van der Waals surface area contributed by atoms with Gasteiger partial charge in [-0.25, -0.2) is 9.97 Å². The molecule has 36 heavy (non-hydrogen) atoms. The number of fused-ring (bicyclic) bond motifs is 1. The Balaban J connectivity index is 1.22. The number of hydrogen-bond acceptors (Lipinski definition) is 7. The molecule has 2 atom stereocenters. The third-order valence-electron chi connectivity index (χ3n) is 7.60. The van der Waals surface area contributed by atoms with Gasteiger partial charge in [-0.1, -0.05) is 12.1 Å². The van der Waals surface area contributed by atoms with Crippen LogP contribution in [0.15, 0.2) is 48.5 Å². The van der Waals surface area contributed by atoms with Gasteiger partial charge in [0.1, 0.15) is 29.8 Å². The minimum absolute atomic E-state index is 0.147. The van der Waals surface area contributed by atoms with E-state index in [0.717, 1.165) is 92.4 Å². The van der Waals surface area contributed by atoms with E-state index in [1.807, 2.05) is 0 Å². The fourth-order valence-electron chi connectivity index (χ4n) is 5.57. The molecule has 0 unspecified atom stereocenters. The van der Waals surface area contributed by atoms with E-state index in [-0.39, 0.29) is 17.9 Å². The standard InChI is InChI=1S/C28H32N6O2/c29-17-21-15-20(3-6-26(21)36-23-7-13-35-14-8-23)27-24-16-25(33-28(24)32-18-31-27)19-1-4-22(5-2-19)34-11-9-30-10-12-34/h1-2,4-6,16,18,20-21,23,30H,3,7-15H2,(H,31,32,33)/t20-,21+/m1/s1. The molecular weight excluding hydrogens is 452 g/mol. The monoisotopic (exact) mass is 484 g/mol. The third kappa shape index (κ3) is 4.69. The minimum Gasteiger partial charge on any atom is -0.494 e. The molecule has 0 spiro atoms. The van der Waals surface area contributed by atoms with Crippen molar-refractivity contribution in [3.05, 3.63) is 54.2 Å².